The number of rotatable bonds is 4. The molecule has 4 atom stereocenters. The van der Waals surface area contributed by atoms with Gasteiger partial charge >= 0.3 is 5.97 Å². The van der Waals surface area contributed by atoms with E-state index in [1.54, 1.807) is 0 Å². The third kappa shape index (κ3) is 3.48. The summed E-state index contributed by atoms with van der Waals surface area (Å²) < 4.78 is 7.43. The number of carbonyl (C=O) groups is 1. The predicted octanol–water partition coefficient (Wildman–Crippen LogP) is 4.05. The molecule has 0 saturated carbocycles. The van der Waals surface area contributed by atoms with E-state index in [0.29, 0.717) is 18.7 Å². The van der Waals surface area contributed by atoms with Crippen molar-refractivity contribution in [1.29, 1.82) is 0 Å². The lowest BCUT2D eigenvalue weighted by atomic mass is 9.76. The smallest absolute Gasteiger partial charge is 0.311 e. The van der Waals surface area contributed by atoms with Crippen molar-refractivity contribution in [2.24, 2.45) is 5.92 Å². The van der Waals surface area contributed by atoms with Gasteiger partial charge in [0.25, 0.3) is 0 Å². The van der Waals surface area contributed by atoms with Crippen LogP contribution in [0.1, 0.15) is 36.3 Å². The number of nitrogens with zero attached hydrogens (tertiary/aromatic N) is 1. The van der Waals surface area contributed by atoms with Crippen LogP contribution in [0.25, 0.3) is 0 Å². The van der Waals surface area contributed by atoms with Gasteiger partial charge in [-0.3, -0.25) is 9.69 Å². The van der Waals surface area contributed by atoms with Gasteiger partial charge < -0.3 is 4.74 Å². The topological polar surface area (TPSA) is 29.5 Å². The van der Waals surface area contributed by atoms with Crippen LogP contribution >= 0.6 is 22.6 Å². The number of carbonyl (C=O) groups excluding carboxylic acids is 1. The Morgan fingerprint density at radius 3 is 2.78 bits per heavy atom. The molecule has 0 aliphatic carbocycles. The number of hydrogen-bond donors (Lipinski definition) is 0. The zero-order valence-electron chi connectivity index (χ0n) is 13.7. The van der Waals surface area contributed by atoms with Gasteiger partial charge in [0.1, 0.15) is 6.61 Å². The number of benzene rings is 1. The highest BCUT2D eigenvalue weighted by molar-refractivity contribution is 14.1. The summed E-state index contributed by atoms with van der Waals surface area (Å²) in [6.45, 7) is 2.48. The molecule has 3 rings (SSSR count). The van der Waals surface area contributed by atoms with Crippen LogP contribution in [-0.2, 0) is 9.53 Å². The van der Waals surface area contributed by atoms with E-state index < -0.39 is 0 Å². The van der Waals surface area contributed by atoms with Crippen LogP contribution in [0.15, 0.2) is 34.4 Å². The van der Waals surface area contributed by atoms with Crippen molar-refractivity contribution in [3.8, 4) is 0 Å². The zero-order chi connectivity index (χ0) is 16.4. The van der Waals surface area contributed by atoms with Gasteiger partial charge in [-0.15, -0.1) is 0 Å². The summed E-state index contributed by atoms with van der Waals surface area (Å²) in [6, 6.07) is 9.60. The molecule has 0 aromatic heterocycles. The number of piperidine rings is 1. The second kappa shape index (κ2) is 7.34. The van der Waals surface area contributed by atoms with E-state index >= 15 is 0 Å². The lowest BCUT2D eigenvalue weighted by Gasteiger charge is -2.41. The average Bonchev–Trinajstić information content (AvgIpc) is 2.78. The van der Waals surface area contributed by atoms with Crippen LogP contribution in [-0.4, -0.2) is 36.6 Å². The molecule has 2 aliphatic rings. The molecule has 0 unspecified atom stereocenters. The van der Waals surface area contributed by atoms with Crippen LogP contribution in [0.4, 0.5) is 0 Å². The molecule has 0 radical (unpaired) electrons. The molecule has 2 fully saturated rings. The molecule has 2 bridgehead atoms. The number of fused-ring (bicyclic) bond motifs is 2. The van der Waals surface area contributed by atoms with E-state index in [9.17, 15) is 4.79 Å². The first kappa shape index (κ1) is 17.0. The van der Waals surface area contributed by atoms with Crippen LogP contribution in [0, 0.1) is 12.8 Å². The number of esters is 1. The van der Waals surface area contributed by atoms with Crippen LogP contribution in [0.3, 0.4) is 0 Å². The Labute approximate surface area is 152 Å². The Morgan fingerprint density at radius 2 is 2.09 bits per heavy atom. The minimum absolute atomic E-state index is 0.0396. The fourth-order valence-corrected chi connectivity index (χ4v) is 4.41. The first-order chi connectivity index (χ1) is 11.1. The molecule has 3 nitrogen and oxygen atoms in total. The first-order valence-corrected chi connectivity index (χ1v) is 9.56. The van der Waals surface area contributed by atoms with Crippen molar-refractivity contribution < 1.29 is 9.53 Å². The van der Waals surface area contributed by atoms with Gasteiger partial charge in [0.05, 0.1) is 5.92 Å². The van der Waals surface area contributed by atoms with Crippen LogP contribution in [0.2, 0.25) is 0 Å². The van der Waals surface area contributed by atoms with E-state index in [4.69, 9.17) is 4.74 Å². The Morgan fingerprint density at radius 1 is 1.35 bits per heavy atom. The molecule has 1 aromatic carbocycles. The number of aryl methyl sites for hydroxylation is 1. The highest BCUT2D eigenvalue weighted by atomic mass is 127. The fraction of sp³-hybridized carbons (Fsp3) is 0.526. The van der Waals surface area contributed by atoms with Crippen LogP contribution < -0.4 is 0 Å². The zero-order valence-corrected chi connectivity index (χ0v) is 15.9. The van der Waals surface area contributed by atoms with Crippen LogP contribution in [0.5, 0.6) is 0 Å². The molecule has 0 N–H and O–H groups in total. The maximum atomic E-state index is 12.8. The van der Waals surface area contributed by atoms with Gasteiger partial charge in [-0.05, 0) is 49.0 Å². The van der Waals surface area contributed by atoms with Crippen molar-refractivity contribution in [3.63, 3.8) is 0 Å². The summed E-state index contributed by atoms with van der Waals surface area (Å²) >= 11 is 2.15. The minimum Gasteiger partial charge on any atom is -0.461 e. The highest BCUT2D eigenvalue weighted by Crippen LogP contribution is 2.46. The van der Waals surface area contributed by atoms with Gasteiger partial charge in [-0.2, -0.15) is 0 Å². The lowest BCUT2D eigenvalue weighted by Crippen LogP contribution is -2.49. The predicted molar refractivity (Wildman–Crippen MR) is 101 cm³/mol. The van der Waals surface area contributed by atoms with Crippen molar-refractivity contribution in [3.05, 3.63) is 45.6 Å². The van der Waals surface area contributed by atoms with Crippen molar-refractivity contribution in [1.82, 2.24) is 4.90 Å². The average molecular weight is 425 g/mol. The quantitative estimate of drug-likeness (QED) is 0.539. The van der Waals surface area contributed by atoms with Gasteiger partial charge in [0.15, 0.2) is 0 Å². The van der Waals surface area contributed by atoms with Crippen molar-refractivity contribution in [2.45, 2.75) is 44.2 Å². The van der Waals surface area contributed by atoms with E-state index in [2.05, 4.69) is 65.7 Å². The molecule has 23 heavy (non-hydrogen) atoms. The number of hydrogen-bond acceptors (Lipinski definition) is 3. The summed E-state index contributed by atoms with van der Waals surface area (Å²) in [5.74, 6) is 0.187. The van der Waals surface area contributed by atoms with Crippen molar-refractivity contribution in [2.75, 3.05) is 13.7 Å². The molecule has 1 aromatic rings. The van der Waals surface area contributed by atoms with E-state index in [-0.39, 0.29) is 17.8 Å². The molecule has 2 heterocycles. The lowest BCUT2D eigenvalue weighted by molar-refractivity contribution is -0.152. The summed E-state index contributed by atoms with van der Waals surface area (Å²) in [5, 5.41) is 0. The second-order valence-electron chi connectivity index (χ2n) is 6.73. The Balaban J connectivity index is 1.86. The molecule has 124 valence electrons. The first-order valence-electron chi connectivity index (χ1n) is 8.32. The Kier molecular flexibility index (Phi) is 5.42. The molecule has 0 amide bonds. The second-order valence-corrected chi connectivity index (χ2v) is 7.45. The number of halogens is 1. The highest BCUT2D eigenvalue weighted by Gasteiger charge is 2.49. The van der Waals surface area contributed by atoms with Gasteiger partial charge in [0.2, 0.25) is 0 Å². The van der Waals surface area contributed by atoms with Gasteiger partial charge in [-0.1, -0.05) is 52.4 Å². The molecule has 4 heteroatoms. The summed E-state index contributed by atoms with van der Waals surface area (Å²) in [5.41, 5.74) is 2.54. The fourth-order valence-electron chi connectivity index (χ4n) is 4.21. The molecular formula is C19H24INO2. The third-order valence-electron chi connectivity index (χ3n) is 5.46. The standard InChI is InChI=1S/C19H24INO2/c1-13-4-6-14(7-5-13)16-12-15-8-9-17(21(15)2)18(16)19(22)23-11-3-10-20/h3-7,10,15-18H,8-9,11-12H2,1-2H3/b10-3-/t15-,16+,17+,18-/m0/s1. The summed E-state index contributed by atoms with van der Waals surface area (Å²) in [6.07, 6.45) is 5.23. The number of ether oxygens (including phenoxy) is 1. The minimum atomic E-state index is -0.0518. The van der Waals surface area contributed by atoms with E-state index in [0.717, 1.165) is 12.8 Å². The molecule has 2 saturated heterocycles. The third-order valence-corrected chi connectivity index (χ3v) is 5.97. The van der Waals surface area contributed by atoms with Crippen molar-refractivity contribution >= 4 is 28.6 Å². The maximum Gasteiger partial charge on any atom is 0.311 e. The Bertz CT molecular complexity index is 584. The SMILES string of the molecule is Cc1ccc([C@H]2C[C@@H]3CC[C@H]([C@H]2C(=O)OC/C=C\I)N3C)cc1. The Hall–Kier alpha value is -0.880. The van der Waals surface area contributed by atoms with E-state index in [1.165, 1.54) is 17.5 Å². The van der Waals surface area contributed by atoms with E-state index in [1.807, 2.05) is 10.2 Å². The maximum absolute atomic E-state index is 12.8. The largest absolute Gasteiger partial charge is 0.461 e. The normalized spacial score (nSPS) is 30.7. The van der Waals surface area contributed by atoms with Gasteiger partial charge in [-0.25, -0.2) is 0 Å². The molecule has 2 aliphatic heterocycles. The molecular weight excluding hydrogens is 401 g/mol. The summed E-state index contributed by atoms with van der Waals surface area (Å²) in [7, 11) is 2.17. The summed E-state index contributed by atoms with van der Waals surface area (Å²) in [4.78, 5) is 15.2. The van der Waals surface area contributed by atoms with Gasteiger partial charge in [0, 0.05) is 18.0 Å². The monoisotopic (exact) mass is 425 g/mol. The molecule has 0 spiro atoms.